The number of aromatic nitrogens is 3. The minimum Gasteiger partial charge on any atom is -0.494 e. The summed E-state index contributed by atoms with van der Waals surface area (Å²) < 4.78 is 44.2. The highest BCUT2D eigenvalue weighted by molar-refractivity contribution is 5.75. The molecule has 0 saturated carbocycles. The van der Waals surface area contributed by atoms with Crippen molar-refractivity contribution in [2.24, 2.45) is 0 Å². The molecular formula is C20H15F3N4O. The molecule has 0 aliphatic carbocycles. The Balaban J connectivity index is 1.98. The van der Waals surface area contributed by atoms with Crippen molar-refractivity contribution < 1.29 is 17.9 Å². The smallest absolute Gasteiger partial charge is 0.416 e. The number of benzene rings is 2. The lowest BCUT2D eigenvalue weighted by atomic mass is 10.0. The Labute approximate surface area is 159 Å². The van der Waals surface area contributed by atoms with E-state index in [0.717, 1.165) is 12.1 Å². The highest BCUT2D eigenvalue weighted by atomic mass is 19.4. The third-order valence-corrected chi connectivity index (χ3v) is 3.85. The van der Waals surface area contributed by atoms with Gasteiger partial charge in [-0.1, -0.05) is 24.3 Å². The van der Waals surface area contributed by atoms with Crippen molar-refractivity contribution in [3.63, 3.8) is 0 Å². The largest absolute Gasteiger partial charge is 0.494 e. The van der Waals surface area contributed by atoms with Crippen LogP contribution in [0.3, 0.4) is 0 Å². The molecule has 2 aromatic carbocycles. The van der Waals surface area contributed by atoms with Crippen molar-refractivity contribution in [1.82, 2.24) is 15.4 Å². The van der Waals surface area contributed by atoms with E-state index in [2.05, 4.69) is 15.4 Å². The molecule has 1 aromatic heterocycles. The van der Waals surface area contributed by atoms with Crippen molar-refractivity contribution in [1.29, 1.82) is 5.26 Å². The third-order valence-electron chi connectivity index (χ3n) is 3.85. The highest BCUT2D eigenvalue weighted by Gasteiger charge is 2.30. The quantitative estimate of drug-likeness (QED) is 0.633. The van der Waals surface area contributed by atoms with Crippen molar-refractivity contribution in [2.75, 3.05) is 6.61 Å². The Kier molecular flexibility index (Phi) is 5.45. The Morgan fingerprint density at radius 2 is 1.89 bits per heavy atom. The molecule has 0 atom stereocenters. The van der Waals surface area contributed by atoms with Crippen LogP contribution in [-0.4, -0.2) is 22.0 Å². The van der Waals surface area contributed by atoms with E-state index in [1.54, 1.807) is 36.4 Å². The molecule has 8 heteroatoms. The fourth-order valence-corrected chi connectivity index (χ4v) is 2.63. The van der Waals surface area contributed by atoms with Gasteiger partial charge < -0.3 is 4.74 Å². The topological polar surface area (TPSA) is 74.6 Å². The fraction of sp³-hybridized carbons (Fsp3) is 0.150. The van der Waals surface area contributed by atoms with Crippen LogP contribution in [0.2, 0.25) is 0 Å². The number of hydrogen-bond donors (Lipinski definition) is 1. The van der Waals surface area contributed by atoms with Gasteiger partial charge in [-0.15, -0.1) is 5.10 Å². The molecule has 0 unspecified atom stereocenters. The van der Waals surface area contributed by atoms with E-state index in [1.165, 1.54) is 6.07 Å². The lowest BCUT2D eigenvalue weighted by Gasteiger charge is -2.08. The number of aromatic amines is 1. The lowest BCUT2D eigenvalue weighted by molar-refractivity contribution is -0.137. The molecule has 0 radical (unpaired) electrons. The molecular weight excluding hydrogens is 369 g/mol. The zero-order valence-electron chi connectivity index (χ0n) is 14.8. The van der Waals surface area contributed by atoms with Gasteiger partial charge in [0.15, 0.2) is 5.69 Å². The number of ether oxygens (including phenoxy) is 1. The van der Waals surface area contributed by atoms with Crippen LogP contribution in [0.15, 0.2) is 42.5 Å². The maximum absolute atomic E-state index is 12.9. The van der Waals surface area contributed by atoms with Crippen molar-refractivity contribution in [3.05, 3.63) is 64.8 Å². The Bertz CT molecular complexity index is 1050. The SMILES string of the molecule is CCOc1cc(/C=C/c2cccc(C(F)(F)F)c2)cc(-c2n[nH]nc2C#N)c1. The molecule has 5 nitrogen and oxygen atoms in total. The maximum atomic E-state index is 12.9. The van der Waals surface area contributed by atoms with Crippen LogP contribution in [0.1, 0.15) is 29.3 Å². The van der Waals surface area contributed by atoms with Gasteiger partial charge in [0.25, 0.3) is 0 Å². The number of nitriles is 1. The van der Waals surface area contributed by atoms with E-state index >= 15 is 0 Å². The van der Waals surface area contributed by atoms with Gasteiger partial charge in [-0.25, -0.2) is 0 Å². The first kappa shape index (κ1) is 19.2. The molecule has 0 bridgehead atoms. The van der Waals surface area contributed by atoms with Gasteiger partial charge in [-0.05, 0) is 48.4 Å². The maximum Gasteiger partial charge on any atom is 0.416 e. The van der Waals surface area contributed by atoms with Gasteiger partial charge in [0.1, 0.15) is 17.5 Å². The van der Waals surface area contributed by atoms with Gasteiger partial charge in [-0.2, -0.15) is 28.7 Å². The molecule has 3 aromatic rings. The zero-order chi connectivity index (χ0) is 20.1. The molecule has 0 aliphatic heterocycles. The van der Waals surface area contributed by atoms with Gasteiger partial charge in [0, 0.05) is 5.56 Å². The van der Waals surface area contributed by atoms with Crippen LogP contribution in [0, 0.1) is 11.3 Å². The summed E-state index contributed by atoms with van der Waals surface area (Å²) in [6, 6.07) is 12.2. The number of hydrogen-bond acceptors (Lipinski definition) is 4. The van der Waals surface area contributed by atoms with Crippen LogP contribution in [-0.2, 0) is 6.18 Å². The second-order valence-electron chi connectivity index (χ2n) is 5.81. The highest BCUT2D eigenvalue weighted by Crippen LogP contribution is 2.30. The molecule has 0 saturated heterocycles. The monoisotopic (exact) mass is 384 g/mol. The molecule has 1 heterocycles. The lowest BCUT2D eigenvalue weighted by Crippen LogP contribution is -2.04. The van der Waals surface area contributed by atoms with Crippen LogP contribution in [0.5, 0.6) is 5.75 Å². The average Bonchev–Trinajstić information content (AvgIpc) is 3.15. The summed E-state index contributed by atoms with van der Waals surface area (Å²) >= 11 is 0. The molecule has 3 rings (SSSR count). The second-order valence-corrected chi connectivity index (χ2v) is 5.81. The van der Waals surface area contributed by atoms with E-state index in [1.807, 2.05) is 13.0 Å². The van der Waals surface area contributed by atoms with Crippen molar-refractivity contribution in [3.8, 4) is 23.1 Å². The predicted molar refractivity (Wildman–Crippen MR) is 98.1 cm³/mol. The zero-order valence-corrected chi connectivity index (χ0v) is 14.8. The third kappa shape index (κ3) is 4.38. The normalized spacial score (nSPS) is 11.5. The average molecular weight is 384 g/mol. The number of alkyl halides is 3. The molecule has 1 N–H and O–H groups in total. The number of halogens is 3. The fourth-order valence-electron chi connectivity index (χ4n) is 2.63. The van der Waals surface area contributed by atoms with Crippen molar-refractivity contribution >= 4 is 12.2 Å². The summed E-state index contributed by atoms with van der Waals surface area (Å²) in [6.45, 7) is 2.27. The van der Waals surface area contributed by atoms with E-state index in [-0.39, 0.29) is 5.69 Å². The van der Waals surface area contributed by atoms with Crippen molar-refractivity contribution in [2.45, 2.75) is 13.1 Å². The first-order chi connectivity index (χ1) is 13.4. The molecule has 0 spiro atoms. The minimum atomic E-state index is -4.40. The molecule has 0 fully saturated rings. The minimum absolute atomic E-state index is 0.140. The molecule has 0 aliphatic rings. The summed E-state index contributed by atoms with van der Waals surface area (Å²) in [4.78, 5) is 0. The Morgan fingerprint density at radius 1 is 1.11 bits per heavy atom. The summed E-state index contributed by atoms with van der Waals surface area (Å²) in [5, 5.41) is 19.3. The van der Waals surface area contributed by atoms with Gasteiger partial charge in [-0.3, -0.25) is 0 Å². The Morgan fingerprint density at radius 3 is 2.61 bits per heavy atom. The van der Waals surface area contributed by atoms with E-state index < -0.39 is 11.7 Å². The molecule has 142 valence electrons. The molecule has 0 amide bonds. The van der Waals surface area contributed by atoms with Gasteiger partial charge >= 0.3 is 6.18 Å². The number of rotatable bonds is 5. The van der Waals surface area contributed by atoms with E-state index in [0.29, 0.717) is 34.7 Å². The summed E-state index contributed by atoms with van der Waals surface area (Å²) in [7, 11) is 0. The summed E-state index contributed by atoms with van der Waals surface area (Å²) in [5.41, 5.74) is 1.52. The van der Waals surface area contributed by atoms with Gasteiger partial charge in [0.05, 0.1) is 12.2 Å². The standard InChI is InChI=1S/C20H15F3N4O/c1-2-28-17-10-14(8-15(11-17)19-18(12-24)25-27-26-19)7-6-13-4-3-5-16(9-13)20(21,22)23/h3-11H,2H2,1H3,(H,25,26,27)/b7-6+. The second kappa shape index (κ2) is 7.96. The Hall–Kier alpha value is -3.60. The van der Waals surface area contributed by atoms with E-state index in [4.69, 9.17) is 10.00 Å². The van der Waals surface area contributed by atoms with E-state index in [9.17, 15) is 13.2 Å². The first-order valence-corrected chi connectivity index (χ1v) is 8.35. The first-order valence-electron chi connectivity index (χ1n) is 8.35. The summed E-state index contributed by atoms with van der Waals surface area (Å²) in [6.07, 6.45) is -1.14. The summed E-state index contributed by atoms with van der Waals surface area (Å²) in [5.74, 6) is 0.551. The van der Waals surface area contributed by atoms with Crippen LogP contribution in [0.4, 0.5) is 13.2 Å². The van der Waals surface area contributed by atoms with Crippen LogP contribution in [0.25, 0.3) is 23.4 Å². The molecule has 28 heavy (non-hydrogen) atoms. The predicted octanol–water partition coefficient (Wildman–Crippen LogP) is 4.93. The van der Waals surface area contributed by atoms with Gasteiger partial charge in [0.2, 0.25) is 0 Å². The number of nitrogens with one attached hydrogen (secondary N) is 1. The van der Waals surface area contributed by atoms with Crippen LogP contribution < -0.4 is 4.74 Å². The number of H-pyrrole nitrogens is 1. The van der Waals surface area contributed by atoms with Crippen LogP contribution >= 0.6 is 0 Å². The number of nitrogens with zero attached hydrogens (tertiary/aromatic N) is 3.